The molecule has 0 spiro atoms. The molecule has 0 heterocycles. The Bertz CT molecular complexity index is 1150. The number of nitro benzene ring substituents is 2. The number of para-hydroxylation sites is 4. The first kappa shape index (κ1) is 33.9. The number of aliphatic carboxylic acids is 1. The maximum atomic E-state index is 11.6. The summed E-state index contributed by atoms with van der Waals surface area (Å²) < 4.78 is 4.93. The number of nitro groups is 2. The molecule has 39 heavy (non-hydrogen) atoms. The number of phenols is 1. The van der Waals surface area contributed by atoms with Crippen LogP contribution in [0.1, 0.15) is 39.5 Å². The van der Waals surface area contributed by atoms with Crippen LogP contribution >= 0.6 is 0 Å². The van der Waals surface area contributed by atoms with Crippen LogP contribution < -0.4 is 16.2 Å². The fraction of sp³-hybridized carbons (Fsp3) is 0.333. The zero-order valence-electron chi connectivity index (χ0n) is 21.2. The molecule has 0 saturated heterocycles. The van der Waals surface area contributed by atoms with E-state index in [0.29, 0.717) is 0 Å². The lowest BCUT2D eigenvalue weighted by atomic mass is 10.0. The van der Waals surface area contributed by atoms with Crippen LogP contribution in [0.15, 0.2) is 48.5 Å². The number of carbonyl (C=O) groups excluding carboxylic acids is 3. The Morgan fingerprint density at radius 1 is 0.795 bits per heavy atom. The zero-order chi connectivity index (χ0) is 30.1. The van der Waals surface area contributed by atoms with E-state index in [0.717, 1.165) is 0 Å². The minimum atomic E-state index is -0.895. The highest BCUT2D eigenvalue weighted by Crippen LogP contribution is 2.26. The van der Waals surface area contributed by atoms with Crippen LogP contribution in [0.2, 0.25) is 0 Å². The Morgan fingerprint density at radius 2 is 1.23 bits per heavy atom. The molecule has 0 unspecified atom stereocenters. The Morgan fingerprint density at radius 3 is 1.64 bits per heavy atom. The number of carboxylic acid groups (broad SMARTS) is 1. The molecule has 0 aliphatic heterocycles. The molecule has 2 aromatic carbocycles. The SMILES string of the molecule is C[C@@H](CC(N)=O)CC(=O)O.C[C@@H](CC(N)=O)CC(=O)Oc1ccccc1[N+](=O)[O-].O=[N+]([O-])c1ccccc1O. The first-order valence-corrected chi connectivity index (χ1v) is 11.3. The summed E-state index contributed by atoms with van der Waals surface area (Å²) in [5.74, 6) is -3.32. The van der Waals surface area contributed by atoms with Crippen LogP contribution in [0, 0.1) is 32.1 Å². The lowest BCUT2D eigenvalue weighted by Crippen LogP contribution is -2.19. The summed E-state index contributed by atoms with van der Waals surface area (Å²) in [6, 6.07) is 11.1. The van der Waals surface area contributed by atoms with E-state index in [1.54, 1.807) is 13.8 Å². The minimum absolute atomic E-state index is 0.00292. The Hall–Kier alpha value is -5.08. The summed E-state index contributed by atoms with van der Waals surface area (Å²) in [7, 11) is 0. The summed E-state index contributed by atoms with van der Waals surface area (Å²) in [5, 5.41) is 37.9. The molecular weight excluding hydrogens is 520 g/mol. The van der Waals surface area contributed by atoms with Crippen molar-refractivity contribution in [2.24, 2.45) is 23.3 Å². The molecule has 0 radical (unpaired) electrons. The molecule has 212 valence electrons. The Balaban J connectivity index is 0.000000610. The topological polar surface area (TPSA) is 256 Å². The van der Waals surface area contributed by atoms with E-state index in [-0.39, 0.29) is 60.4 Å². The van der Waals surface area contributed by atoms with Gasteiger partial charge in [-0.3, -0.25) is 39.4 Å². The third-order valence-electron chi connectivity index (χ3n) is 4.50. The van der Waals surface area contributed by atoms with Gasteiger partial charge in [0, 0.05) is 37.8 Å². The largest absolute Gasteiger partial charge is 0.502 e. The van der Waals surface area contributed by atoms with Crippen molar-refractivity contribution in [2.45, 2.75) is 39.5 Å². The number of hydrogen-bond acceptors (Lipinski definition) is 10. The predicted octanol–water partition coefficient (Wildman–Crippen LogP) is 2.67. The van der Waals surface area contributed by atoms with Crippen molar-refractivity contribution in [2.75, 3.05) is 0 Å². The van der Waals surface area contributed by atoms with Gasteiger partial charge in [0.05, 0.1) is 9.85 Å². The molecular formula is C24H30N4O11. The van der Waals surface area contributed by atoms with Gasteiger partial charge in [0.1, 0.15) is 0 Å². The highest BCUT2D eigenvalue weighted by Gasteiger charge is 2.19. The number of rotatable bonds is 11. The molecule has 0 aliphatic rings. The molecule has 15 heteroatoms. The average Bonchev–Trinajstić information content (AvgIpc) is 2.78. The van der Waals surface area contributed by atoms with Crippen LogP contribution in [0.25, 0.3) is 0 Å². The van der Waals surface area contributed by atoms with Gasteiger partial charge in [-0.25, -0.2) is 0 Å². The minimum Gasteiger partial charge on any atom is -0.502 e. The summed E-state index contributed by atoms with van der Waals surface area (Å²) in [5.41, 5.74) is 9.30. The van der Waals surface area contributed by atoms with E-state index in [1.807, 2.05) is 0 Å². The van der Waals surface area contributed by atoms with E-state index in [1.165, 1.54) is 48.5 Å². The maximum Gasteiger partial charge on any atom is 0.311 e. The number of aromatic hydroxyl groups is 1. The highest BCUT2D eigenvalue weighted by atomic mass is 16.6. The fourth-order valence-electron chi connectivity index (χ4n) is 2.89. The number of benzene rings is 2. The number of hydrogen-bond donors (Lipinski definition) is 4. The number of carbonyl (C=O) groups is 4. The van der Waals surface area contributed by atoms with Crippen LogP contribution in [0.4, 0.5) is 11.4 Å². The van der Waals surface area contributed by atoms with Gasteiger partial charge in [-0.1, -0.05) is 38.1 Å². The first-order valence-electron chi connectivity index (χ1n) is 11.3. The quantitative estimate of drug-likeness (QED) is 0.137. The van der Waals surface area contributed by atoms with Crippen LogP contribution in [0.5, 0.6) is 11.5 Å². The van der Waals surface area contributed by atoms with E-state index in [2.05, 4.69) is 0 Å². The number of carboxylic acids is 1. The smallest absolute Gasteiger partial charge is 0.311 e. The van der Waals surface area contributed by atoms with E-state index >= 15 is 0 Å². The second-order valence-corrected chi connectivity index (χ2v) is 8.30. The molecule has 2 rings (SSSR count). The van der Waals surface area contributed by atoms with Crippen molar-refractivity contribution in [3.05, 3.63) is 68.8 Å². The molecule has 2 amide bonds. The van der Waals surface area contributed by atoms with Crippen molar-refractivity contribution < 1.29 is 44.0 Å². The molecule has 0 bridgehead atoms. The Kier molecular flexibility index (Phi) is 15.1. The second kappa shape index (κ2) is 17.4. The summed E-state index contributed by atoms with van der Waals surface area (Å²) in [6.45, 7) is 3.35. The summed E-state index contributed by atoms with van der Waals surface area (Å²) >= 11 is 0. The molecule has 15 nitrogen and oxygen atoms in total. The Labute approximate surface area is 222 Å². The van der Waals surface area contributed by atoms with Crippen molar-refractivity contribution in [1.29, 1.82) is 0 Å². The normalized spacial score (nSPS) is 11.2. The van der Waals surface area contributed by atoms with E-state index in [4.69, 9.17) is 26.4 Å². The summed E-state index contributed by atoms with van der Waals surface area (Å²) in [6.07, 6.45) is 0.177. The summed E-state index contributed by atoms with van der Waals surface area (Å²) in [4.78, 5) is 62.0. The molecule has 0 fully saturated rings. The standard InChI is InChI=1S/C12H14N2O5.C6H5NO3.C6H11NO3/c1-8(6-11(13)15)7-12(16)19-10-5-3-2-4-9(10)14(17)18;8-6-4-2-1-3-5(6)7(9)10;1-4(2-5(7)8)3-6(9)10/h2-5,8H,6-7H2,1H3,(H2,13,15);1-4,8H;4H,2-3H2,1H3,(H2,7,8)(H,9,10)/t8-;;4-/m0.0/s1. The van der Waals surface area contributed by atoms with Crippen LogP contribution in [-0.2, 0) is 19.2 Å². The van der Waals surface area contributed by atoms with Crippen molar-refractivity contribution in [3.8, 4) is 11.5 Å². The van der Waals surface area contributed by atoms with Gasteiger partial charge in [0.2, 0.25) is 17.6 Å². The van der Waals surface area contributed by atoms with E-state index in [9.17, 15) is 39.4 Å². The van der Waals surface area contributed by atoms with Crippen molar-refractivity contribution in [3.63, 3.8) is 0 Å². The number of ether oxygens (including phenoxy) is 1. The highest BCUT2D eigenvalue weighted by molar-refractivity contribution is 5.77. The number of amides is 2. The van der Waals surface area contributed by atoms with Gasteiger partial charge < -0.3 is 26.4 Å². The lowest BCUT2D eigenvalue weighted by Gasteiger charge is -2.08. The number of phenolic OH excluding ortho intramolecular Hbond substituents is 1. The molecule has 6 N–H and O–H groups in total. The van der Waals surface area contributed by atoms with Crippen LogP contribution in [-0.4, -0.2) is 43.8 Å². The molecule has 0 saturated carbocycles. The lowest BCUT2D eigenvalue weighted by molar-refractivity contribution is -0.385. The maximum absolute atomic E-state index is 11.6. The van der Waals surface area contributed by atoms with Gasteiger partial charge in [0.15, 0.2) is 5.75 Å². The monoisotopic (exact) mass is 550 g/mol. The van der Waals surface area contributed by atoms with Gasteiger partial charge in [-0.15, -0.1) is 0 Å². The third-order valence-corrected chi connectivity index (χ3v) is 4.50. The third kappa shape index (κ3) is 15.6. The molecule has 2 aromatic rings. The average molecular weight is 551 g/mol. The van der Waals surface area contributed by atoms with Crippen molar-refractivity contribution in [1.82, 2.24) is 0 Å². The number of esters is 1. The molecule has 2 atom stereocenters. The van der Waals surface area contributed by atoms with E-state index < -0.39 is 33.6 Å². The van der Waals surface area contributed by atoms with Gasteiger partial charge >= 0.3 is 23.3 Å². The van der Waals surface area contributed by atoms with Gasteiger partial charge in [-0.05, 0) is 24.0 Å². The van der Waals surface area contributed by atoms with Gasteiger partial charge in [-0.2, -0.15) is 0 Å². The second-order valence-electron chi connectivity index (χ2n) is 8.30. The first-order chi connectivity index (χ1) is 18.1. The van der Waals surface area contributed by atoms with Crippen molar-refractivity contribution >= 4 is 35.1 Å². The number of primary amides is 2. The molecule has 0 aromatic heterocycles. The zero-order valence-corrected chi connectivity index (χ0v) is 21.2. The van der Waals surface area contributed by atoms with Crippen LogP contribution in [0.3, 0.4) is 0 Å². The molecule has 0 aliphatic carbocycles. The predicted molar refractivity (Wildman–Crippen MR) is 136 cm³/mol. The van der Waals surface area contributed by atoms with Gasteiger partial charge in [0.25, 0.3) is 0 Å². The fourth-order valence-corrected chi connectivity index (χ4v) is 2.89. The number of nitrogens with zero attached hydrogens (tertiary/aromatic N) is 2. The number of nitrogens with two attached hydrogens (primary N) is 2.